The van der Waals surface area contributed by atoms with Gasteiger partial charge in [-0.3, -0.25) is 4.98 Å². The summed E-state index contributed by atoms with van der Waals surface area (Å²) in [5.41, 5.74) is 2.22. The predicted molar refractivity (Wildman–Crippen MR) is 53.0 cm³/mol. The van der Waals surface area contributed by atoms with E-state index < -0.39 is 0 Å². The van der Waals surface area contributed by atoms with Gasteiger partial charge in [0.2, 0.25) is 0 Å². The molecule has 0 saturated heterocycles. The van der Waals surface area contributed by atoms with E-state index >= 15 is 0 Å². The molecule has 0 N–H and O–H groups in total. The fourth-order valence-electron chi connectivity index (χ4n) is 1.58. The van der Waals surface area contributed by atoms with Crippen LogP contribution in [-0.2, 0) is 9.47 Å². The molecule has 14 heavy (non-hydrogen) atoms. The topological polar surface area (TPSA) is 31.4 Å². The maximum absolute atomic E-state index is 5.19. The van der Waals surface area contributed by atoms with Crippen LogP contribution in [0.2, 0.25) is 0 Å². The van der Waals surface area contributed by atoms with Crippen LogP contribution in [0.25, 0.3) is 0 Å². The number of methoxy groups -OCH3 is 2. The standard InChI is InChI=1S/C11H15NO2/c1-13-11(14-2)9-5-6-12-10(7-9)8-3-4-8/h5-8,11H,3-4H2,1-2H3. The largest absolute Gasteiger partial charge is 0.352 e. The summed E-state index contributed by atoms with van der Waals surface area (Å²) in [6.07, 6.45) is 4.09. The van der Waals surface area contributed by atoms with E-state index in [1.807, 2.05) is 12.3 Å². The lowest BCUT2D eigenvalue weighted by Crippen LogP contribution is -2.04. The zero-order valence-electron chi connectivity index (χ0n) is 8.56. The number of nitrogens with zero attached hydrogens (tertiary/aromatic N) is 1. The molecule has 1 saturated carbocycles. The molecule has 2 rings (SSSR count). The van der Waals surface area contributed by atoms with E-state index in [1.165, 1.54) is 18.5 Å². The molecule has 0 radical (unpaired) electrons. The van der Waals surface area contributed by atoms with Crippen molar-refractivity contribution in [3.05, 3.63) is 29.6 Å². The highest BCUT2D eigenvalue weighted by Gasteiger charge is 2.25. The van der Waals surface area contributed by atoms with Crippen molar-refractivity contribution in [3.8, 4) is 0 Å². The summed E-state index contributed by atoms with van der Waals surface area (Å²) in [5, 5.41) is 0. The van der Waals surface area contributed by atoms with Gasteiger partial charge in [-0.1, -0.05) is 0 Å². The van der Waals surface area contributed by atoms with Crippen molar-refractivity contribution >= 4 is 0 Å². The van der Waals surface area contributed by atoms with Crippen LogP contribution in [0.15, 0.2) is 18.3 Å². The molecule has 3 nitrogen and oxygen atoms in total. The Bertz CT molecular complexity index is 306. The van der Waals surface area contributed by atoms with Gasteiger partial charge in [0, 0.05) is 37.6 Å². The summed E-state index contributed by atoms with van der Waals surface area (Å²) < 4.78 is 10.4. The minimum absolute atomic E-state index is 0.268. The Morgan fingerprint density at radius 2 is 2.07 bits per heavy atom. The highest BCUT2D eigenvalue weighted by molar-refractivity contribution is 5.23. The smallest absolute Gasteiger partial charge is 0.183 e. The Balaban J connectivity index is 2.19. The molecule has 1 fully saturated rings. The van der Waals surface area contributed by atoms with Crippen molar-refractivity contribution in [2.75, 3.05) is 14.2 Å². The van der Waals surface area contributed by atoms with Crippen molar-refractivity contribution in [2.24, 2.45) is 0 Å². The van der Waals surface area contributed by atoms with Gasteiger partial charge in [-0.2, -0.15) is 0 Å². The Hall–Kier alpha value is -0.930. The molecule has 1 aliphatic rings. The first-order valence-corrected chi connectivity index (χ1v) is 4.86. The van der Waals surface area contributed by atoms with Crippen LogP contribution in [0.3, 0.4) is 0 Å². The molecule has 0 aromatic carbocycles. The number of pyridine rings is 1. The quantitative estimate of drug-likeness (QED) is 0.687. The Morgan fingerprint density at radius 1 is 1.36 bits per heavy atom. The zero-order valence-corrected chi connectivity index (χ0v) is 8.56. The van der Waals surface area contributed by atoms with Gasteiger partial charge in [-0.25, -0.2) is 0 Å². The summed E-state index contributed by atoms with van der Waals surface area (Å²) in [5.74, 6) is 0.671. The van der Waals surface area contributed by atoms with E-state index in [0.717, 1.165) is 5.56 Å². The molecule has 3 heteroatoms. The molecule has 0 amide bonds. The molecule has 1 aliphatic carbocycles. The summed E-state index contributed by atoms with van der Waals surface area (Å²) in [6, 6.07) is 4.01. The van der Waals surface area contributed by atoms with E-state index in [4.69, 9.17) is 9.47 Å². The van der Waals surface area contributed by atoms with Crippen molar-refractivity contribution in [3.63, 3.8) is 0 Å². The van der Waals surface area contributed by atoms with Crippen LogP contribution in [-0.4, -0.2) is 19.2 Å². The first-order chi connectivity index (χ1) is 6.85. The molecule has 0 bridgehead atoms. The summed E-state index contributed by atoms with van der Waals surface area (Å²) in [4.78, 5) is 4.34. The van der Waals surface area contributed by atoms with Crippen molar-refractivity contribution < 1.29 is 9.47 Å². The van der Waals surface area contributed by atoms with Crippen molar-refractivity contribution in [2.45, 2.75) is 25.0 Å². The van der Waals surface area contributed by atoms with Crippen LogP contribution in [0.4, 0.5) is 0 Å². The third-order valence-corrected chi connectivity index (χ3v) is 2.50. The van der Waals surface area contributed by atoms with Gasteiger partial charge in [-0.15, -0.1) is 0 Å². The molecule has 1 aromatic rings. The van der Waals surface area contributed by atoms with Gasteiger partial charge in [0.1, 0.15) is 0 Å². The predicted octanol–water partition coefficient (Wildman–Crippen LogP) is 2.25. The Morgan fingerprint density at radius 3 is 2.64 bits per heavy atom. The van der Waals surface area contributed by atoms with E-state index in [1.54, 1.807) is 14.2 Å². The average molecular weight is 193 g/mol. The van der Waals surface area contributed by atoms with Gasteiger partial charge in [0.25, 0.3) is 0 Å². The molecule has 0 aliphatic heterocycles. The van der Waals surface area contributed by atoms with E-state index in [0.29, 0.717) is 5.92 Å². The van der Waals surface area contributed by atoms with Gasteiger partial charge in [0.15, 0.2) is 6.29 Å². The molecule has 1 heterocycles. The lowest BCUT2D eigenvalue weighted by atomic mass is 10.2. The second-order valence-corrected chi connectivity index (χ2v) is 3.59. The van der Waals surface area contributed by atoms with Crippen LogP contribution < -0.4 is 0 Å². The van der Waals surface area contributed by atoms with E-state index in [2.05, 4.69) is 11.1 Å². The minimum atomic E-state index is -0.268. The minimum Gasteiger partial charge on any atom is -0.352 e. The molecule has 0 atom stereocenters. The monoisotopic (exact) mass is 193 g/mol. The lowest BCUT2D eigenvalue weighted by Gasteiger charge is -2.13. The maximum Gasteiger partial charge on any atom is 0.183 e. The molecular formula is C11H15NO2. The summed E-state index contributed by atoms with van der Waals surface area (Å²) in [7, 11) is 3.29. The normalized spacial score (nSPS) is 16.2. The number of ether oxygens (including phenoxy) is 2. The van der Waals surface area contributed by atoms with Gasteiger partial charge in [0.05, 0.1) is 0 Å². The maximum atomic E-state index is 5.19. The van der Waals surface area contributed by atoms with Crippen LogP contribution in [0.5, 0.6) is 0 Å². The lowest BCUT2D eigenvalue weighted by molar-refractivity contribution is -0.106. The number of aromatic nitrogens is 1. The zero-order chi connectivity index (χ0) is 9.97. The average Bonchev–Trinajstić information content (AvgIpc) is 3.03. The molecular weight excluding hydrogens is 178 g/mol. The highest BCUT2D eigenvalue weighted by Crippen LogP contribution is 2.39. The first-order valence-electron chi connectivity index (χ1n) is 4.86. The number of rotatable bonds is 4. The first kappa shape index (κ1) is 9.62. The second-order valence-electron chi connectivity index (χ2n) is 3.59. The van der Waals surface area contributed by atoms with Gasteiger partial charge >= 0.3 is 0 Å². The fraction of sp³-hybridized carbons (Fsp3) is 0.545. The van der Waals surface area contributed by atoms with Gasteiger partial charge < -0.3 is 9.47 Å². The number of hydrogen-bond donors (Lipinski definition) is 0. The molecule has 76 valence electrons. The van der Waals surface area contributed by atoms with E-state index in [9.17, 15) is 0 Å². The van der Waals surface area contributed by atoms with Crippen LogP contribution in [0.1, 0.15) is 36.3 Å². The van der Waals surface area contributed by atoms with Crippen molar-refractivity contribution in [1.82, 2.24) is 4.98 Å². The third kappa shape index (κ3) is 1.94. The molecule has 0 spiro atoms. The van der Waals surface area contributed by atoms with Crippen LogP contribution in [0, 0.1) is 0 Å². The van der Waals surface area contributed by atoms with Crippen LogP contribution >= 0.6 is 0 Å². The summed E-state index contributed by atoms with van der Waals surface area (Å²) >= 11 is 0. The van der Waals surface area contributed by atoms with Gasteiger partial charge in [-0.05, 0) is 25.0 Å². The molecule has 1 aromatic heterocycles. The second kappa shape index (κ2) is 4.07. The number of hydrogen-bond acceptors (Lipinski definition) is 3. The highest BCUT2D eigenvalue weighted by atomic mass is 16.7. The van der Waals surface area contributed by atoms with E-state index in [-0.39, 0.29) is 6.29 Å². The third-order valence-electron chi connectivity index (χ3n) is 2.50. The summed E-state index contributed by atoms with van der Waals surface area (Å²) in [6.45, 7) is 0. The van der Waals surface area contributed by atoms with Crippen molar-refractivity contribution in [1.29, 1.82) is 0 Å². The Kier molecular flexibility index (Phi) is 2.79. The Labute approximate surface area is 84.1 Å². The SMILES string of the molecule is COC(OC)c1ccnc(C2CC2)c1. The fourth-order valence-corrected chi connectivity index (χ4v) is 1.58. The molecule has 0 unspecified atom stereocenters.